The number of halogens is 3. The Morgan fingerprint density at radius 3 is 2.50 bits per heavy atom. The number of H-pyrrole nitrogens is 1. The smallest absolute Gasteiger partial charge is 0.370 e. The van der Waals surface area contributed by atoms with E-state index in [0.29, 0.717) is 0 Å². The van der Waals surface area contributed by atoms with Crippen molar-refractivity contribution >= 4 is 28.6 Å². The van der Waals surface area contributed by atoms with Crippen LogP contribution in [0.25, 0.3) is 11.0 Å². The van der Waals surface area contributed by atoms with Crippen molar-refractivity contribution in [3.8, 4) is 0 Å². The minimum Gasteiger partial charge on any atom is -0.370 e. The standard InChI is InChI=1S/C10H10F3N7/c11-10(12,13)7-18-5-2-1-4(3-6(5)19-7)17-9(16)20-8(14)15/h1-3H,(H,18,19)(H6,14,15,16,17,20). The molecule has 20 heavy (non-hydrogen) atoms. The van der Waals surface area contributed by atoms with Gasteiger partial charge in [-0.05, 0) is 18.2 Å². The highest BCUT2D eigenvalue weighted by Crippen LogP contribution is 2.29. The quantitative estimate of drug-likeness (QED) is 0.455. The molecule has 0 amide bonds. The largest absolute Gasteiger partial charge is 0.449 e. The summed E-state index contributed by atoms with van der Waals surface area (Å²) in [7, 11) is 0. The summed E-state index contributed by atoms with van der Waals surface area (Å²) in [6.07, 6.45) is -4.54. The maximum Gasteiger partial charge on any atom is 0.449 e. The van der Waals surface area contributed by atoms with Gasteiger partial charge in [-0.2, -0.15) is 18.2 Å². The third kappa shape index (κ3) is 2.96. The molecule has 0 atom stereocenters. The van der Waals surface area contributed by atoms with Gasteiger partial charge in [0, 0.05) is 0 Å². The van der Waals surface area contributed by atoms with Crippen LogP contribution in [-0.2, 0) is 6.18 Å². The van der Waals surface area contributed by atoms with E-state index in [-0.39, 0.29) is 28.6 Å². The second-order valence-corrected chi connectivity index (χ2v) is 3.79. The van der Waals surface area contributed by atoms with Crippen LogP contribution in [0.1, 0.15) is 5.82 Å². The summed E-state index contributed by atoms with van der Waals surface area (Å²) in [6, 6.07) is 4.17. The molecule has 7 N–H and O–H groups in total. The van der Waals surface area contributed by atoms with E-state index in [2.05, 4.69) is 20.0 Å². The third-order valence-corrected chi connectivity index (χ3v) is 2.22. The highest BCUT2D eigenvalue weighted by molar-refractivity contribution is 5.94. The Morgan fingerprint density at radius 2 is 1.90 bits per heavy atom. The SMILES string of the molecule is NC(N)=NC(N)=Nc1ccc2nc(C(F)(F)F)[nH]c2c1. The Bertz CT molecular complexity index is 694. The van der Waals surface area contributed by atoms with Crippen molar-refractivity contribution < 1.29 is 13.2 Å². The maximum absolute atomic E-state index is 12.5. The van der Waals surface area contributed by atoms with Crippen molar-refractivity contribution in [2.75, 3.05) is 0 Å². The number of guanidine groups is 2. The third-order valence-electron chi connectivity index (χ3n) is 2.22. The number of benzene rings is 1. The molecule has 1 heterocycles. The van der Waals surface area contributed by atoms with Gasteiger partial charge < -0.3 is 22.2 Å². The predicted molar refractivity (Wildman–Crippen MR) is 68.2 cm³/mol. The van der Waals surface area contributed by atoms with Gasteiger partial charge in [0.25, 0.3) is 0 Å². The number of aromatic nitrogens is 2. The van der Waals surface area contributed by atoms with Gasteiger partial charge >= 0.3 is 6.18 Å². The van der Waals surface area contributed by atoms with Crippen molar-refractivity contribution in [3.05, 3.63) is 24.0 Å². The van der Waals surface area contributed by atoms with Gasteiger partial charge in [-0.25, -0.2) is 9.98 Å². The summed E-state index contributed by atoms with van der Waals surface area (Å²) < 4.78 is 37.5. The van der Waals surface area contributed by atoms with Gasteiger partial charge in [-0.1, -0.05) is 0 Å². The molecule has 106 valence electrons. The normalized spacial score (nSPS) is 12.7. The fourth-order valence-corrected chi connectivity index (χ4v) is 1.49. The molecule has 0 unspecified atom stereocenters. The number of aliphatic imine (C=N–C) groups is 2. The number of hydrogen-bond donors (Lipinski definition) is 4. The molecule has 0 saturated carbocycles. The molecule has 0 aliphatic heterocycles. The van der Waals surface area contributed by atoms with Crippen molar-refractivity contribution in [1.29, 1.82) is 0 Å². The molecule has 10 heteroatoms. The Balaban J connectivity index is 2.42. The zero-order valence-corrected chi connectivity index (χ0v) is 9.94. The summed E-state index contributed by atoms with van der Waals surface area (Å²) in [5, 5.41) is 0. The summed E-state index contributed by atoms with van der Waals surface area (Å²) in [5.41, 5.74) is 16.3. The van der Waals surface area contributed by atoms with Crippen LogP contribution in [0.2, 0.25) is 0 Å². The van der Waals surface area contributed by atoms with Crippen LogP contribution in [0.5, 0.6) is 0 Å². The van der Waals surface area contributed by atoms with Crippen LogP contribution < -0.4 is 17.2 Å². The predicted octanol–water partition coefficient (Wildman–Crippen LogP) is 0.801. The number of alkyl halides is 3. The van der Waals surface area contributed by atoms with Gasteiger partial charge in [-0.15, -0.1) is 0 Å². The molecule has 2 rings (SSSR count). The second-order valence-electron chi connectivity index (χ2n) is 3.79. The van der Waals surface area contributed by atoms with Crippen molar-refractivity contribution in [2.24, 2.45) is 27.2 Å². The molecule has 2 aromatic rings. The van der Waals surface area contributed by atoms with Gasteiger partial charge in [0.2, 0.25) is 11.8 Å². The Labute approximate surface area is 110 Å². The number of rotatable bonds is 1. The highest BCUT2D eigenvalue weighted by atomic mass is 19.4. The summed E-state index contributed by atoms with van der Waals surface area (Å²) in [4.78, 5) is 12.9. The summed E-state index contributed by atoms with van der Waals surface area (Å²) in [5.74, 6) is -1.56. The molecular formula is C10H10F3N7. The lowest BCUT2D eigenvalue weighted by atomic mass is 10.3. The fourth-order valence-electron chi connectivity index (χ4n) is 1.49. The van der Waals surface area contributed by atoms with Gasteiger partial charge in [0.1, 0.15) is 0 Å². The molecule has 0 aliphatic rings. The Hall–Kier alpha value is -2.78. The van der Waals surface area contributed by atoms with Crippen molar-refractivity contribution in [2.45, 2.75) is 6.18 Å². The van der Waals surface area contributed by atoms with Crippen molar-refractivity contribution in [1.82, 2.24) is 9.97 Å². The minimum atomic E-state index is -4.54. The first-order chi connectivity index (χ1) is 9.25. The first-order valence-corrected chi connectivity index (χ1v) is 5.26. The molecule has 0 radical (unpaired) electrons. The second kappa shape index (κ2) is 4.72. The Kier molecular flexibility index (Phi) is 3.22. The molecule has 0 aliphatic carbocycles. The average Bonchev–Trinajstić information content (AvgIpc) is 2.70. The van der Waals surface area contributed by atoms with E-state index in [1.807, 2.05) is 0 Å². The lowest BCUT2D eigenvalue weighted by Gasteiger charge is -1.99. The van der Waals surface area contributed by atoms with Crippen LogP contribution >= 0.6 is 0 Å². The first-order valence-electron chi connectivity index (χ1n) is 5.26. The van der Waals surface area contributed by atoms with E-state index < -0.39 is 12.0 Å². The van der Waals surface area contributed by atoms with Crippen LogP contribution in [0.3, 0.4) is 0 Å². The van der Waals surface area contributed by atoms with E-state index in [1.54, 1.807) is 0 Å². The van der Waals surface area contributed by atoms with Crippen LogP contribution in [0.4, 0.5) is 18.9 Å². The summed E-state index contributed by atoms with van der Waals surface area (Å²) in [6.45, 7) is 0. The molecule has 7 nitrogen and oxygen atoms in total. The van der Waals surface area contributed by atoms with Gasteiger partial charge in [0.05, 0.1) is 16.7 Å². The van der Waals surface area contributed by atoms with Crippen LogP contribution in [0, 0.1) is 0 Å². The number of nitrogens with zero attached hydrogens (tertiary/aromatic N) is 3. The lowest BCUT2D eigenvalue weighted by Crippen LogP contribution is -2.26. The van der Waals surface area contributed by atoms with E-state index in [9.17, 15) is 13.2 Å². The number of fused-ring (bicyclic) bond motifs is 1. The van der Waals surface area contributed by atoms with E-state index in [0.717, 1.165) is 0 Å². The lowest BCUT2D eigenvalue weighted by molar-refractivity contribution is -0.144. The van der Waals surface area contributed by atoms with Gasteiger partial charge in [0.15, 0.2) is 5.96 Å². The number of nitrogens with one attached hydrogen (secondary N) is 1. The number of imidazole rings is 1. The van der Waals surface area contributed by atoms with Crippen LogP contribution in [0.15, 0.2) is 28.2 Å². The van der Waals surface area contributed by atoms with E-state index in [4.69, 9.17) is 17.2 Å². The van der Waals surface area contributed by atoms with E-state index in [1.165, 1.54) is 18.2 Å². The fraction of sp³-hybridized carbons (Fsp3) is 0.100. The average molecular weight is 285 g/mol. The highest BCUT2D eigenvalue weighted by Gasteiger charge is 2.34. The minimum absolute atomic E-state index is 0.164. The Morgan fingerprint density at radius 1 is 1.20 bits per heavy atom. The topological polar surface area (TPSA) is 131 Å². The molecular weight excluding hydrogens is 275 g/mol. The molecule has 1 aromatic heterocycles. The van der Waals surface area contributed by atoms with Crippen LogP contribution in [-0.4, -0.2) is 21.9 Å². The number of hydrogen-bond acceptors (Lipinski definition) is 2. The van der Waals surface area contributed by atoms with E-state index >= 15 is 0 Å². The molecule has 0 fully saturated rings. The monoisotopic (exact) mass is 285 g/mol. The summed E-state index contributed by atoms with van der Waals surface area (Å²) >= 11 is 0. The molecule has 0 saturated heterocycles. The van der Waals surface area contributed by atoms with Gasteiger partial charge in [-0.3, -0.25) is 0 Å². The first kappa shape index (κ1) is 13.6. The molecule has 0 bridgehead atoms. The maximum atomic E-state index is 12.5. The zero-order valence-electron chi connectivity index (χ0n) is 9.94. The molecule has 1 aromatic carbocycles. The van der Waals surface area contributed by atoms with Crippen molar-refractivity contribution in [3.63, 3.8) is 0 Å². The number of aromatic amines is 1. The number of nitrogens with two attached hydrogens (primary N) is 3. The zero-order chi connectivity index (χ0) is 14.9. The molecule has 0 spiro atoms.